The van der Waals surface area contributed by atoms with Crippen molar-refractivity contribution in [2.24, 2.45) is 5.92 Å². The quantitative estimate of drug-likeness (QED) is 0.760. The van der Waals surface area contributed by atoms with Crippen LogP contribution in [0.25, 0.3) is 0 Å². The minimum Gasteiger partial charge on any atom is -0.476 e. The van der Waals surface area contributed by atoms with E-state index in [0.29, 0.717) is 18.3 Å². The molecule has 1 aliphatic carbocycles. The summed E-state index contributed by atoms with van der Waals surface area (Å²) in [5.41, 5.74) is -0.0305. The van der Waals surface area contributed by atoms with E-state index in [1.54, 1.807) is 0 Å². The van der Waals surface area contributed by atoms with E-state index >= 15 is 0 Å². The van der Waals surface area contributed by atoms with Crippen LogP contribution in [0, 0.1) is 5.92 Å². The van der Waals surface area contributed by atoms with Crippen molar-refractivity contribution >= 4 is 5.97 Å². The van der Waals surface area contributed by atoms with Gasteiger partial charge in [-0.2, -0.15) is 0 Å². The number of aromatic carboxylic acids is 1. The van der Waals surface area contributed by atoms with Gasteiger partial charge >= 0.3 is 5.97 Å². The molecule has 1 unspecified atom stereocenters. The number of carboxylic acid groups (broad SMARTS) is 1. The summed E-state index contributed by atoms with van der Waals surface area (Å²) in [6.45, 7) is 2.70. The van der Waals surface area contributed by atoms with Gasteiger partial charge in [-0.25, -0.2) is 4.79 Å². The molecule has 1 aromatic heterocycles. The highest BCUT2D eigenvalue weighted by Gasteiger charge is 2.24. The zero-order valence-electron chi connectivity index (χ0n) is 9.98. The van der Waals surface area contributed by atoms with E-state index in [1.165, 1.54) is 25.3 Å². The minimum atomic E-state index is -1.05. The Morgan fingerprint density at radius 3 is 3.00 bits per heavy atom. The van der Waals surface area contributed by atoms with Gasteiger partial charge in [0.1, 0.15) is 0 Å². The standard InChI is InChI=1S/C12H18N2O3/c1-2-9(5-8-3-4-8)13-7-10-6-11(12(15)16)14-17-10/h6,8-9,13H,2-5,7H2,1H3,(H,15,16). The number of hydrogen-bond donors (Lipinski definition) is 2. The second-order valence-electron chi connectivity index (χ2n) is 4.65. The van der Waals surface area contributed by atoms with Crippen molar-refractivity contribution in [3.05, 3.63) is 17.5 Å². The molecule has 0 radical (unpaired) electrons. The first-order valence-electron chi connectivity index (χ1n) is 6.11. The van der Waals surface area contributed by atoms with Crippen LogP contribution >= 0.6 is 0 Å². The first-order chi connectivity index (χ1) is 8.19. The number of rotatable bonds is 7. The Balaban J connectivity index is 1.80. The van der Waals surface area contributed by atoms with Gasteiger partial charge in [0.2, 0.25) is 0 Å². The molecule has 1 saturated carbocycles. The molecular formula is C12H18N2O3. The van der Waals surface area contributed by atoms with Gasteiger partial charge in [-0.3, -0.25) is 0 Å². The molecule has 5 nitrogen and oxygen atoms in total. The first-order valence-corrected chi connectivity index (χ1v) is 6.11. The summed E-state index contributed by atoms with van der Waals surface area (Å²) < 4.78 is 4.95. The van der Waals surface area contributed by atoms with Gasteiger partial charge in [0.05, 0.1) is 6.54 Å². The van der Waals surface area contributed by atoms with E-state index in [1.807, 2.05) is 0 Å². The minimum absolute atomic E-state index is 0.0305. The SMILES string of the molecule is CCC(CC1CC1)NCc1cc(C(=O)O)no1. The monoisotopic (exact) mass is 238 g/mol. The predicted molar refractivity (Wildman–Crippen MR) is 61.7 cm³/mol. The number of nitrogens with zero attached hydrogens (tertiary/aromatic N) is 1. The molecule has 0 aliphatic heterocycles. The van der Waals surface area contributed by atoms with Crippen molar-refractivity contribution in [1.82, 2.24) is 10.5 Å². The molecule has 0 spiro atoms. The molecule has 1 aromatic rings. The molecule has 5 heteroatoms. The topological polar surface area (TPSA) is 75.4 Å². The van der Waals surface area contributed by atoms with Crippen molar-refractivity contribution < 1.29 is 14.4 Å². The highest BCUT2D eigenvalue weighted by atomic mass is 16.5. The van der Waals surface area contributed by atoms with Crippen LogP contribution in [0.3, 0.4) is 0 Å². The summed E-state index contributed by atoms with van der Waals surface area (Å²) in [5.74, 6) is 0.415. The summed E-state index contributed by atoms with van der Waals surface area (Å²) in [5, 5.41) is 15.6. The van der Waals surface area contributed by atoms with Crippen LogP contribution in [0.5, 0.6) is 0 Å². The molecule has 0 saturated heterocycles. The maximum absolute atomic E-state index is 10.6. The Kier molecular flexibility index (Phi) is 3.78. The number of hydrogen-bond acceptors (Lipinski definition) is 4. The van der Waals surface area contributed by atoms with Crippen molar-refractivity contribution in [1.29, 1.82) is 0 Å². The number of aromatic nitrogens is 1. The van der Waals surface area contributed by atoms with Crippen LogP contribution in [0.15, 0.2) is 10.6 Å². The Morgan fingerprint density at radius 1 is 1.71 bits per heavy atom. The highest BCUT2D eigenvalue weighted by molar-refractivity contribution is 5.85. The van der Waals surface area contributed by atoms with Gasteiger partial charge in [-0.15, -0.1) is 0 Å². The van der Waals surface area contributed by atoms with Crippen molar-refractivity contribution in [3.63, 3.8) is 0 Å². The zero-order chi connectivity index (χ0) is 12.3. The summed E-state index contributed by atoms with van der Waals surface area (Å²) in [4.78, 5) is 10.6. The van der Waals surface area contributed by atoms with Crippen LogP contribution in [-0.4, -0.2) is 22.3 Å². The van der Waals surface area contributed by atoms with Crippen LogP contribution < -0.4 is 5.32 Å². The molecular weight excluding hydrogens is 220 g/mol. The fourth-order valence-corrected chi connectivity index (χ4v) is 1.89. The third-order valence-corrected chi connectivity index (χ3v) is 3.15. The van der Waals surface area contributed by atoms with Gasteiger partial charge in [-0.1, -0.05) is 24.9 Å². The molecule has 1 aliphatic rings. The molecule has 0 amide bonds. The Labute approximate surface area is 100 Å². The van der Waals surface area contributed by atoms with Gasteiger partial charge < -0.3 is 14.9 Å². The van der Waals surface area contributed by atoms with E-state index in [2.05, 4.69) is 17.4 Å². The molecule has 94 valence electrons. The lowest BCUT2D eigenvalue weighted by atomic mass is 10.1. The van der Waals surface area contributed by atoms with Crippen molar-refractivity contribution in [3.8, 4) is 0 Å². The molecule has 1 fully saturated rings. The summed E-state index contributed by atoms with van der Waals surface area (Å²) in [6, 6.07) is 1.96. The van der Waals surface area contributed by atoms with Crippen LogP contribution in [0.4, 0.5) is 0 Å². The van der Waals surface area contributed by atoms with E-state index in [4.69, 9.17) is 9.63 Å². The maximum atomic E-state index is 10.6. The van der Waals surface area contributed by atoms with Gasteiger partial charge in [0.15, 0.2) is 11.5 Å². The van der Waals surface area contributed by atoms with E-state index in [-0.39, 0.29) is 5.69 Å². The molecule has 17 heavy (non-hydrogen) atoms. The second kappa shape index (κ2) is 5.31. The molecule has 2 rings (SSSR count). The van der Waals surface area contributed by atoms with Gasteiger partial charge in [0, 0.05) is 12.1 Å². The van der Waals surface area contributed by atoms with Crippen molar-refractivity contribution in [2.45, 2.75) is 45.2 Å². The largest absolute Gasteiger partial charge is 0.476 e. The average molecular weight is 238 g/mol. The lowest BCUT2D eigenvalue weighted by molar-refractivity contribution is 0.0685. The Bertz CT molecular complexity index is 385. The van der Waals surface area contributed by atoms with E-state index in [0.717, 1.165) is 12.3 Å². The summed E-state index contributed by atoms with van der Waals surface area (Å²) >= 11 is 0. The molecule has 1 heterocycles. The number of carboxylic acids is 1. The smallest absolute Gasteiger partial charge is 0.358 e. The average Bonchev–Trinajstić information content (AvgIpc) is 2.99. The third-order valence-electron chi connectivity index (χ3n) is 3.15. The zero-order valence-corrected chi connectivity index (χ0v) is 9.98. The number of carbonyl (C=O) groups is 1. The fraction of sp³-hybridized carbons (Fsp3) is 0.667. The van der Waals surface area contributed by atoms with Gasteiger partial charge in [-0.05, 0) is 18.8 Å². The molecule has 2 N–H and O–H groups in total. The highest BCUT2D eigenvalue weighted by Crippen LogP contribution is 2.34. The van der Waals surface area contributed by atoms with Crippen LogP contribution in [0.1, 0.15) is 48.9 Å². The third kappa shape index (κ3) is 3.56. The summed E-state index contributed by atoms with van der Waals surface area (Å²) in [6.07, 6.45) is 4.99. The van der Waals surface area contributed by atoms with E-state index < -0.39 is 5.97 Å². The summed E-state index contributed by atoms with van der Waals surface area (Å²) in [7, 11) is 0. The first kappa shape index (κ1) is 12.1. The fourth-order valence-electron chi connectivity index (χ4n) is 1.89. The predicted octanol–water partition coefficient (Wildman–Crippen LogP) is 2.04. The normalized spacial score (nSPS) is 17.0. The van der Waals surface area contributed by atoms with Crippen molar-refractivity contribution in [2.75, 3.05) is 0 Å². The van der Waals surface area contributed by atoms with Gasteiger partial charge in [0.25, 0.3) is 0 Å². The Morgan fingerprint density at radius 2 is 2.47 bits per heavy atom. The second-order valence-corrected chi connectivity index (χ2v) is 4.65. The molecule has 0 bridgehead atoms. The van der Waals surface area contributed by atoms with Crippen LogP contribution in [-0.2, 0) is 6.54 Å². The number of nitrogens with one attached hydrogen (secondary N) is 1. The lowest BCUT2D eigenvalue weighted by Crippen LogP contribution is -2.28. The Hall–Kier alpha value is -1.36. The van der Waals surface area contributed by atoms with E-state index in [9.17, 15) is 4.79 Å². The molecule has 0 aromatic carbocycles. The maximum Gasteiger partial charge on any atom is 0.358 e. The lowest BCUT2D eigenvalue weighted by Gasteiger charge is -2.15. The molecule has 1 atom stereocenters. The van der Waals surface area contributed by atoms with Crippen LogP contribution in [0.2, 0.25) is 0 Å².